The zero-order valence-corrected chi connectivity index (χ0v) is 17.7. The molecule has 0 radical (unpaired) electrons. The third kappa shape index (κ3) is 15.4. The van der Waals surface area contributed by atoms with Gasteiger partial charge in [0.15, 0.2) is 0 Å². The van der Waals surface area contributed by atoms with Crippen molar-refractivity contribution in [3.63, 3.8) is 0 Å². The van der Waals surface area contributed by atoms with Gasteiger partial charge in [-0.15, -0.1) is 0 Å². The fraction of sp³-hybridized carbons (Fsp3) is 0.680. The van der Waals surface area contributed by atoms with Crippen molar-refractivity contribution in [1.29, 1.82) is 0 Å². The van der Waals surface area contributed by atoms with Gasteiger partial charge in [-0.25, -0.2) is 0 Å². The quantitative estimate of drug-likeness (QED) is 0.143. The Morgan fingerprint density at radius 3 is 1.64 bits per heavy atom. The number of hydrogen-bond acceptors (Lipinski definition) is 3. The van der Waals surface area contributed by atoms with Crippen LogP contribution in [0.1, 0.15) is 108 Å². The standard InChI is InChI=1S/C25H40O3/c26-22-18-13-11-9-7-5-3-1-2-4-6-8-10-12-17-21-25(27)28-23-24-19-15-14-16-20-24/h14-16,19-20,22H,1-13,17-18,21,23H2. The fourth-order valence-electron chi connectivity index (χ4n) is 3.43. The van der Waals surface area contributed by atoms with Crippen molar-refractivity contribution >= 4 is 12.3 Å². The molecule has 0 amide bonds. The van der Waals surface area contributed by atoms with Crippen LogP contribution in [-0.2, 0) is 20.9 Å². The van der Waals surface area contributed by atoms with Gasteiger partial charge in [-0.05, 0) is 18.4 Å². The van der Waals surface area contributed by atoms with Crippen LogP contribution >= 0.6 is 0 Å². The first kappa shape index (κ1) is 24.4. The Labute approximate surface area is 172 Å². The molecule has 3 nitrogen and oxygen atoms in total. The molecule has 0 bridgehead atoms. The molecule has 0 aromatic heterocycles. The van der Waals surface area contributed by atoms with Gasteiger partial charge in [0.25, 0.3) is 0 Å². The van der Waals surface area contributed by atoms with E-state index in [1.807, 2.05) is 30.3 Å². The smallest absolute Gasteiger partial charge is 0.306 e. The Balaban J connectivity index is 1.76. The Morgan fingerprint density at radius 2 is 1.14 bits per heavy atom. The third-order valence-electron chi connectivity index (χ3n) is 5.20. The van der Waals surface area contributed by atoms with Crippen molar-refractivity contribution in [2.75, 3.05) is 0 Å². The maximum absolute atomic E-state index is 11.7. The molecule has 0 saturated carbocycles. The molecule has 0 heterocycles. The number of carbonyl (C=O) groups is 2. The predicted molar refractivity (Wildman–Crippen MR) is 116 cm³/mol. The van der Waals surface area contributed by atoms with Crippen LogP contribution in [0.5, 0.6) is 0 Å². The molecule has 1 aromatic rings. The summed E-state index contributed by atoms with van der Waals surface area (Å²) in [4.78, 5) is 21.9. The number of unbranched alkanes of at least 4 members (excludes halogenated alkanes) is 14. The SMILES string of the molecule is O=CCCCCCCCCCCCCCCCCC(=O)OCc1ccccc1. The lowest BCUT2D eigenvalue weighted by atomic mass is 10.0. The summed E-state index contributed by atoms with van der Waals surface area (Å²) in [6, 6.07) is 9.84. The molecule has 0 spiro atoms. The molecule has 28 heavy (non-hydrogen) atoms. The van der Waals surface area contributed by atoms with Gasteiger partial charge in [0.05, 0.1) is 0 Å². The Bertz CT molecular complexity index is 484. The average Bonchev–Trinajstić information content (AvgIpc) is 2.72. The maximum Gasteiger partial charge on any atom is 0.306 e. The van der Waals surface area contributed by atoms with Crippen molar-refractivity contribution in [3.05, 3.63) is 35.9 Å². The van der Waals surface area contributed by atoms with E-state index in [0.29, 0.717) is 13.0 Å². The number of esters is 1. The summed E-state index contributed by atoms with van der Waals surface area (Å²) in [6.07, 6.45) is 19.9. The van der Waals surface area contributed by atoms with Gasteiger partial charge in [0.1, 0.15) is 12.9 Å². The number of hydrogen-bond donors (Lipinski definition) is 0. The molecule has 0 aliphatic carbocycles. The average molecular weight is 389 g/mol. The molecule has 0 N–H and O–H groups in total. The predicted octanol–water partition coefficient (Wildman–Crippen LogP) is 7.17. The van der Waals surface area contributed by atoms with E-state index in [2.05, 4.69) is 0 Å². The van der Waals surface area contributed by atoms with Gasteiger partial charge in [-0.1, -0.05) is 107 Å². The Hall–Kier alpha value is -1.64. The first-order chi connectivity index (χ1) is 13.8. The van der Waals surface area contributed by atoms with E-state index in [9.17, 15) is 9.59 Å². The highest BCUT2D eigenvalue weighted by atomic mass is 16.5. The van der Waals surface area contributed by atoms with E-state index in [-0.39, 0.29) is 5.97 Å². The van der Waals surface area contributed by atoms with E-state index in [0.717, 1.165) is 37.5 Å². The molecule has 0 unspecified atom stereocenters. The zero-order valence-electron chi connectivity index (χ0n) is 17.7. The highest BCUT2D eigenvalue weighted by Crippen LogP contribution is 2.14. The molecular weight excluding hydrogens is 348 g/mol. The summed E-state index contributed by atoms with van der Waals surface area (Å²) < 4.78 is 5.30. The van der Waals surface area contributed by atoms with Gasteiger partial charge >= 0.3 is 5.97 Å². The molecule has 0 aliphatic heterocycles. The highest BCUT2D eigenvalue weighted by molar-refractivity contribution is 5.69. The van der Waals surface area contributed by atoms with Crippen LogP contribution in [0.3, 0.4) is 0 Å². The molecule has 0 atom stereocenters. The van der Waals surface area contributed by atoms with Crippen LogP contribution in [0.25, 0.3) is 0 Å². The van der Waals surface area contributed by atoms with E-state index in [1.165, 1.54) is 70.6 Å². The van der Waals surface area contributed by atoms with E-state index in [1.54, 1.807) is 0 Å². The summed E-state index contributed by atoms with van der Waals surface area (Å²) in [6.45, 7) is 0.389. The number of ether oxygens (including phenoxy) is 1. The summed E-state index contributed by atoms with van der Waals surface area (Å²) >= 11 is 0. The summed E-state index contributed by atoms with van der Waals surface area (Å²) in [5, 5.41) is 0. The minimum Gasteiger partial charge on any atom is -0.461 e. The van der Waals surface area contributed by atoms with Crippen LogP contribution in [0.2, 0.25) is 0 Å². The monoisotopic (exact) mass is 388 g/mol. The van der Waals surface area contributed by atoms with E-state index in [4.69, 9.17) is 4.74 Å². The van der Waals surface area contributed by atoms with Crippen LogP contribution in [-0.4, -0.2) is 12.3 Å². The van der Waals surface area contributed by atoms with Crippen molar-refractivity contribution in [2.24, 2.45) is 0 Å². The fourth-order valence-corrected chi connectivity index (χ4v) is 3.43. The largest absolute Gasteiger partial charge is 0.461 e. The van der Waals surface area contributed by atoms with Gasteiger partial charge in [-0.3, -0.25) is 4.79 Å². The molecule has 158 valence electrons. The number of benzene rings is 1. The molecule has 1 rings (SSSR count). The summed E-state index contributed by atoms with van der Waals surface area (Å²) in [5.41, 5.74) is 1.05. The van der Waals surface area contributed by atoms with Crippen LogP contribution in [0.4, 0.5) is 0 Å². The van der Waals surface area contributed by atoms with Crippen LogP contribution in [0.15, 0.2) is 30.3 Å². The molecule has 0 saturated heterocycles. The van der Waals surface area contributed by atoms with Gasteiger partial charge in [-0.2, -0.15) is 0 Å². The summed E-state index contributed by atoms with van der Waals surface area (Å²) in [7, 11) is 0. The van der Waals surface area contributed by atoms with Gasteiger partial charge in [0, 0.05) is 12.8 Å². The minimum atomic E-state index is -0.0763. The topological polar surface area (TPSA) is 43.4 Å². The lowest BCUT2D eigenvalue weighted by Crippen LogP contribution is -2.04. The minimum absolute atomic E-state index is 0.0763. The maximum atomic E-state index is 11.7. The second-order valence-corrected chi connectivity index (χ2v) is 7.80. The normalized spacial score (nSPS) is 10.7. The molecule has 0 fully saturated rings. The van der Waals surface area contributed by atoms with Gasteiger partial charge < -0.3 is 9.53 Å². The molecule has 1 aromatic carbocycles. The van der Waals surface area contributed by atoms with Crippen molar-refractivity contribution in [3.8, 4) is 0 Å². The number of aldehydes is 1. The van der Waals surface area contributed by atoms with Crippen LogP contribution < -0.4 is 0 Å². The molecular formula is C25H40O3. The highest BCUT2D eigenvalue weighted by Gasteiger charge is 2.03. The summed E-state index contributed by atoms with van der Waals surface area (Å²) in [5.74, 6) is -0.0763. The van der Waals surface area contributed by atoms with Gasteiger partial charge in [0.2, 0.25) is 0 Å². The van der Waals surface area contributed by atoms with Crippen molar-refractivity contribution in [2.45, 2.75) is 109 Å². The molecule has 3 heteroatoms. The Kier molecular flexibility index (Phi) is 16.3. The molecule has 0 aliphatic rings. The lowest BCUT2D eigenvalue weighted by molar-refractivity contribution is -0.145. The number of carbonyl (C=O) groups excluding carboxylic acids is 2. The van der Waals surface area contributed by atoms with E-state index >= 15 is 0 Å². The lowest BCUT2D eigenvalue weighted by Gasteiger charge is -2.05. The first-order valence-corrected chi connectivity index (χ1v) is 11.5. The first-order valence-electron chi connectivity index (χ1n) is 11.5. The second-order valence-electron chi connectivity index (χ2n) is 7.80. The third-order valence-corrected chi connectivity index (χ3v) is 5.20. The van der Waals surface area contributed by atoms with Crippen molar-refractivity contribution < 1.29 is 14.3 Å². The van der Waals surface area contributed by atoms with E-state index < -0.39 is 0 Å². The Morgan fingerprint density at radius 1 is 0.679 bits per heavy atom. The zero-order chi connectivity index (χ0) is 20.1. The number of rotatable bonds is 19. The van der Waals surface area contributed by atoms with Crippen molar-refractivity contribution in [1.82, 2.24) is 0 Å². The second kappa shape index (κ2) is 18.7. The van der Waals surface area contributed by atoms with Crippen LogP contribution in [0, 0.1) is 0 Å².